The summed E-state index contributed by atoms with van der Waals surface area (Å²) in [5.74, 6) is 0.0823. The van der Waals surface area contributed by atoms with Crippen LogP contribution in [0.25, 0.3) is 10.9 Å². The number of rotatable bonds is 6. The summed E-state index contributed by atoms with van der Waals surface area (Å²) in [5.41, 5.74) is 3.30. The number of phenolic OH excluding ortho intramolecular Hbond substituents is 1. The molecule has 142 valence electrons. The van der Waals surface area contributed by atoms with Crippen LogP contribution in [-0.2, 0) is 16.6 Å². The Hall–Kier alpha value is -2.37. The van der Waals surface area contributed by atoms with Gasteiger partial charge in [-0.2, -0.15) is 0 Å². The van der Waals surface area contributed by atoms with Gasteiger partial charge in [-0.3, -0.25) is 0 Å². The van der Waals surface area contributed by atoms with Crippen molar-refractivity contribution in [2.75, 3.05) is 33.4 Å². The van der Waals surface area contributed by atoms with E-state index in [4.69, 9.17) is 4.74 Å². The highest BCUT2D eigenvalue weighted by Gasteiger charge is 2.37. The van der Waals surface area contributed by atoms with Crippen molar-refractivity contribution in [3.8, 4) is 5.75 Å². The fourth-order valence-electron chi connectivity index (χ4n) is 4.13. The zero-order valence-corrected chi connectivity index (χ0v) is 15.5. The highest BCUT2D eigenvalue weighted by atomic mass is 19.1. The van der Waals surface area contributed by atoms with Gasteiger partial charge in [0.2, 0.25) is 0 Å². The van der Waals surface area contributed by atoms with Crippen LogP contribution in [0.1, 0.15) is 17.5 Å². The van der Waals surface area contributed by atoms with E-state index < -0.39 is 0 Å². The molecule has 0 spiro atoms. The van der Waals surface area contributed by atoms with E-state index in [2.05, 4.69) is 16.9 Å². The number of nitrogens with zero attached hydrogens (tertiary/aromatic N) is 1. The van der Waals surface area contributed by atoms with E-state index >= 15 is 0 Å². The van der Waals surface area contributed by atoms with E-state index in [0.717, 1.165) is 49.0 Å². The molecule has 4 nitrogen and oxygen atoms in total. The fraction of sp³-hybridized carbons (Fsp3) is 0.364. The molecule has 0 saturated carbocycles. The number of fused-ring (bicyclic) bond motifs is 1. The molecule has 1 aliphatic heterocycles. The maximum Gasteiger partial charge on any atom is 0.123 e. The van der Waals surface area contributed by atoms with Crippen molar-refractivity contribution >= 4 is 10.9 Å². The first-order valence-electron chi connectivity index (χ1n) is 9.37. The molecule has 4 rings (SSSR count). The number of aromatic hydroxyl groups is 1. The number of aromatic nitrogens is 1. The Labute approximate surface area is 158 Å². The van der Waals surface area contributed by atoms with Crippen LogP contribution in [0.3, 0.4) is 0 Å². The topological polar surface area (TPSA) is 48.5 Å². The van der Waals surface area contributed by atoms with E-state index in [1.807, 2.05) is 30.5 Å². The molecule has 5 heteroatoms. The lowest BCUT2D eigenvalue weighted by atomic mass is 9.79. The summed E-state index contributed by atoms with van der Waals surface area (Å²) >= 11 is 0. The molecular formula is C22H25FN2O2. The summed E-state index contributed by atoms with van der Waals surface area (Å²) in [4.78, 5) is 5.58. The van der Waals surface area contributed by atoms with Gasteiger partial charge >= 0.3 is 0 Å². The molecule has 27 heavy (non-hydrogen) atoms. The Morgan fingerprint density at radius 2 is 2.04 bits per heavy atom. The van der Waals surface area contributed by atoms with Gasteiger partial charge in [0.1, 0.15) is 11.6 Å². The van der Waals surface area contributed by atoms with Crippen LogP contribution in [0.15, 0.2) is 48.7 Å². The van der Waals surface area contributed by atoms with Crippen molar-refractivity contribution < 1.29 is 14.2 Å². The van der Waals surface area contributed by atoms with E-state index in [1.165, 1.54) is 17.7 Å². The van der Waals surface area contributed by atoms with Crippen LogP contribution in [0.2, 0.25) is 0 Å². The first-order chi connectivity index (χ1) is 13.1. The van der Waals surface area contributed by atoms with Gasteiger partial charge in [-0.1, -0.05) is 12.1 Å². The van der Waals surface area contributed by atoms with Gasteiger partial charge in [0.25, 0.3) is 0 Å². The van der Waals surface area contributed by atoms with Crippen molar-refractivity contribution in [3.05, 3.63) is 65.6 Å². The summed E-state index contributed by atoms with van der Waals surface area (Å²) in [5, 5.41) is 10.8. The number of H-pyrrole nitrogens is 1. The van der Waals surface area contributed by atoms with Crippen LogP contribution in [-0.4, -0.2) is 48.3 Å². The molecule has 2 aromatic carbocycles. The van der Waals surface area contributed by atoms with E-state index in [1.54, 1.807) is 6.07 Å². The number of ether oxygens (including phenoxy) is 1. The number of halogens is 1. The summed E-state index contributed by atoms with van der Waals surface area (Å²) in [6, 6.07) is 12.3. The number of likely N-dealkylation sites (N-methyl/N-ethyl adjacent to an activating group) is 1. The van der Waals surface area contributed by atoms with Crippen molar-refractivity contribution in [2.45, 2.75) is 18.3 Å². The third-order valence-electron chi connectivity index (χ3n) is 5.65. The molecule has 1 atom stereocenters. The molecule has 0 bridgehead atoms. The van der Waals surface area contributed by atoms with Crippen molar-refractivity contribution in [1.82, 2.24) is 9.88 Å². The van der Waals surface area contributed by atoms with Gasteiger partial charge in [-0.25, -0.2) is 4.39 Å². The maximum absolute atomic E-state index is 13.3. The lowest BCUT2D eigenvalue weighted by Gasteiger charge is -2.33. The standard InChI is InChI=1S/C22H25FN2O2/c1-25(10-8-16-13-24-21-7-6-19(26)12-20(16)21)14-22(9-11-27-15-22)17-2-4-18(23)5-3-17/h2-7,12-13,24,26H,8-11,14-15H2,1H3/t22-/m0/s1. The van der Waals surface area contributed by atoms with E-state index in [9.17, 15) is 9.50 Å². The molecule has 2 N–H and O–H groups in total. The third kappa shape index (κ3) is 3.70. The molecule has 0 radical (unpaired) electrons. The van der Waals surface area contributed by atoms with Crippen LogP contribution in [0.4, 0.5) is 4.39 Å². The van der Waals surface area contributed by atoms with Gasteiger partial charge in [-0.15, -0.1) is 0 Å². The highest BCUT2D eigenvalue weighted by molar-refractivity contribution is 5.84. The van der Waals surface area contributed by atoms with Gasteiger partial charge in [0.15, 0.2) is 0 Å². The Morgan fingerprint density at radius 3 is 2.78 bits per heavy atom. The molecule has 0 unspecified atom stereocenters. The van der Waals surface area contributed by atoms with Gasteiger partial charge in [-0.05, 0) is 61.3 Å². The molecule has 0 amide bonds. The SMILES string of the molecule is CN(CCc1c[nH]c2ccc(O)cc12)C[C@@]1(c2ccc(F)cc2)CCOC1. The lowest BCUT2D eigenvalue weighted by Crippen LogP contribution is -2.40. The van der Waals surface area contributed by atoms with Gasteiger partial charge in [0, 0.05) is 42.2 Å². The minimum Gasteiger partial charge on any atom is -0.508 e. The number of aromatic amines is 1. The molecule has 2 heterocycles. The fourth-order valence-corrected chi connectivity index (χ4v) is 4.13. The van der Waals surface area contributed by atoms with E-state index in [-0.39, 0.29) is 17.0 Å². The smallest absolute Gasteiger partial charge is 0.123 e. The quantitative estimate of drug-likeness (QED) is 0.695. The first-order valence-corrected chi connectivity index (χ1v) is 9.37. The molecule has 0 aliphatic carbocycles. The predicted molar refractivity (Wildman–Crippen MR) is 105 cm³/mol. The second-order valence-electron chi connectivity index (χ2n) is 7.62. The maximum atomic E-state index is 13.3. The van der Waals surface area contributed by atoms with Crippen LogP contribution in [0, 0.1) is 5.82 Å². The molecule has 1 aliphatic rings. The molecular weight excluding hydrogens is 343 g/mol. The molecule has 1 saturated heterocycles. The minimum atomic E-state index is -0.205. The van der Waals surface area contributed by atoms with Gasteiger partial charge < -0.3 is 19.7 Å². The Morgan fingerprint density at radius 1 is 1.22 bits per heavy atom. The Balaban J connectivity index is 1.46. The number of benzene rings is 2. The van der Waals surface area contributed by atoms with Crippen LogP contribution in [0.5, 0.6) is 5.75 Å². The largest absolute Gasteiger partial charge is 0.508 e. The predicted octanol–water partition coefficient (Wildman–Crippen LogP) is 3.85. The minimum absolute atomic E-state index is 0.0824. The monoisotopic (exact) mass is 368 g/mol. The highest BCUT2D eigenvalue weighted by Crippen LogP contribution is 2.34. The van der Waals surface area contributed by atoms with E-state index in [0.29, 0.717) is 6.61 Å². The summed E-state index contributed by atoms with van der Waals surface area (Å²) < 4.78 is 19.0. The number of nitrogens with one attached hydrogen (secondary N) is 1. The average Bonchev–Trinajstić information content (AvgIpc) is 3.28. The average molecular weight is 368 g/mol. The normalized spacial score (nSPS) is 20.0. The second-order valence-corrected chi connectivity index (χ2v) is 7.62. The second kappa shape index (κ2) is 7.33. The van der Waals surface area contributed by atoms with Crippen molar-refractivity contribution in [1.29, 1.82) is 0 Å². The zero-order valence-electron chi connectivity index (χ0n) is 15.5. The number of phenols is 1. The first kappa shape index (κ1) is 18.0. The third-order valence-corrected chi connectivity index (χ3v) is 5.65. The van der Waals surface area contributed by atoms with Crippen LogP contribution >= 0.6 is 0 Å². The summed E-state index contributed by atoms with van der Waals surface area (Å²) in [7, 11) is 2.12. The van der Waals surface area contributed by atoms with Crippen molar-refractivity contribution in [3.63, 3.8) is 0 Å². The Bertz CT molecular complexity index is 914. The molecule has 3 aromatic rings. The number of hydrogen-bond acceptors (Lipinski definition) is 3. The van der Waals surface area contributed by atoms with Gasteiger partial charge in [0.05, 0.1) is 6.61 Å². The molecule has 1 aromatic heterocycles. The van der Waals surface area contributed by atoms with Crippen molar-refractivity contribution in [2.24, 2.45) is 0 Å². The number of hydrogen-bond donors (Lipinski definition) is 2. The Kier molecular flexibility index (Phi) is 4.89. The zero-order chi connectivity index (χ0) is 18.9. The molecule has 1 fully saturated rings. The summed E-state index contributed by atoms with van der Waals surface area (Å²) in [6.45, 7) is 3.18. The lowest BCUT2D eigenvalue weighted by molar-refractivity contribution is 0.159. The van der Waals surface area contributed by atoms with Crippen LogP contribution < -0.4 is 0 Å². The summed E-state index contributed by atoms with van der Waals surface area (Å²) in [6.07, 6.45) is 3.86.